The largest absolute Gasteiger partial charge is 0.461 e. The lowest BCUT2D eigenvalue weighted by Crippen LogP contribution is -2.44. The smallest absolute Gasteiger partial charge is 0.354 e. The monoisotopic (exact) mass is 619 g/mol. The normalized spacial score (nSPS) is 22.1. The Balaban J connectivity index is 1.32. The molecule has 2 saturated carbocycles. The molecular formula is C33H32F3N5O4. The number of rotatable bonds is 10. The number of carbonyl (C=O) groups excluding carboxylic acids is 3. The highest BCUT2D eigenvalue weighted by atomic mass is 19.1. The third kappa shape index (κ3) is 6.01. The van der Waals surface area contributed by atoms with Gasteiger partial charge in [-0.25, -0.2) is 18.0 Å². The number of fused-ring (bicyclic) bond motifs is 5. The van der Waals surface area contributed by atoms with Crippen LogP contribution in [0.1, 0.15) is 53.8 Å². The molecule has 3 N–H and O–H groups in total. The lowest BCUT2D eigenvalue weighted by atomic mass is 9.82. The fraction of sp³-hybridized carbons (Fsp3) is 0.364. The van der Waals surface area contributed by atoms with Crippen molar-refractivity contribution < 1.29 is 32.3 Å². The Kier molecular flexibility index (Phi) is 8.30. The molecule has 2 aliphatic carbocycles. The number of carbonyl (C=O) groups is 3. The molecule has 45 heavy (non-hydrogen) atoms. The average Bonchev–Trinajstić information content (AvgIpc) is 3.71. The van der Waals surface area contributed by atoms with E-state index >= 15 is 0 Å². The Labute approximate surface area is 257 Å². The molecular weight excluding hydrogens is 587 g/mol. The van der Waals surface area contributed by atoms with Crippen molar-refractivity contribution in [1.82, 2.24) is 15.3 Å². The van der Waals surface area contributed by atoms with Gasteiger partial charge in [0.05, 0.1) is 29.9 Å². The van der Waals surface area contributed by atoms with Crippen LogP contribution in [0.3, 0.4) is 0 Å². The molecule has 12 heteroatoms. The predicted molar refractivity (Wildman–Crippen MR) is 158 cm³/mol. The Morgan fingerprint density at radius 2 is 1.82 bits per heavy atom. The summed E-state index contributed by atoms with van der Waals surface area (Å²) < 4.78 is 48.0. The second-order valence-electron chi connectivity index (χ2n) is 11.7. The van der Waals surface area contributed by atoms with Gasteiger partial charge in [0.1, 0.15) is 24.0 Å². The Bertz CT molecular complexity index is 1680. The first kappa shape index (κ1) is 30.3. The van der Waals surface area contributed by atoms with E-state index in [9.17, 15) is 27.6 Å². The zero-order chi connectivity index (χ0) is 31.8. The second kappa shape index (κ2) is 12.3. The summed E-state index contributed by atoms with van der Waals surface area (Å²) in [5, 5.41) is 9.21. The quantitative estimate of drug-likeness (QED) is 0.326. The summed E-state index contributed by atoms with van der Waals surface area (Å²) >= 11 is 0. The Morgan fingerprint density at radius 3 is 2.56 bits per heavy atom. The number of ether oxygens (including phenoxy) is 1. The summed E-state index contributed by atoms with van der Waals surface area (Å²) in [6, 6.07) is 9.28. The molecule has 1 aliphatic heterocycles. The Hall–Kier alpha value is -4.74. The molecule has 6 rings (SSSR count). The van der Waals surface area contributed by atoms with Gasteiger partial charge < -0.3 is 15.8 Å². The molecule has 0 spiro atoms. The number of hydrazone groups is 1. The summed E-state index contributed by atoms with van der Waals surface area (Å²) in [5.41, 5.74) is 6.86. The molecule has 0 radical (unpaired) electrons. The van der Waals surface area contributed by atoms with Crippen molar-refractivity contribution in [3.8, 4) is 11.1 Å². The summed E-state index contributed by atoms with van der Waals surface area (Å²) in [5.74, 6) is -3.69. The van der Waals surface area contributed by atoms with E-state index in [1.165, 1.54) is 30.5 Å². The number of hydrogen-bond acceptors (Lipinski definition) is 7. The molecule has 3 aliphatic rings. The van der Waals surface area contributed by atoms with Gasteiger partial charge in [0.15, 0.2) is 5.71 Å². The molecule has 2 aromatic carbocycles. The van der Waals surface area contributed by atoms with E-state index in [2.05, 4.69) is 15.4 Å². The fourth-order valence-electron chi connectivity index (χ4n) is 7.26. The van der Waals surface area contributed by atoms with E-state index in [0.717, 1.165) is 31.4 Å². The Morgan fingerprint density at radius 1 is 1.07 bits per heavy atom. The third-order valence-electron chi connectivity index (χ3n) is 8.97. The standard InChI is InChI=1S/C33H32F3N5O4/c1-2-45-33(44)30-28-19-5-6-20(13-19)31(28)41(40-30)16-27(42)39-26(12-17-10-21(34)15-22(35)11-17)29-23(4-3-9-38-29)18-7-8-25(36)24(14-18)32(37)43/h3-4,7-11,14-15,19-20,26,28,31H,2,5-6,12-13,16H2,1H3,(H2,37,43)(H,39,42)/t19?,20?,26-,28?,31?/m0/s1. The van der Waals surface area contributed by atoms with Crippen LogP contribution in [0.2, 0.25) is 0 Å². The van der Waals surface area contributed by atoms with Crippen LogP contribution < -0.4 is 11.1 Å². The minimum atomic E-state index is -0.952. The van der Waals surface area contributed by atoms with Crippen molar-refractivity contribution in [2.75, 3.05) is 13.2 Å². The van der Waals surface area contributed by atoms with Crippen LogP contribution in [-0.2, 0) is 20.7 Å². The van der Waals surface area contributed by atoms with Crippen molar-refractivity contribution in [2.45, 2.75) is 44.7 Å². The number of esters is 1. The molecule has 2 amide bonds. The van der Waals surface area contributed by atoms with Crippen LogP contribution in [0.5, 0.6) is 0 Å². The maximum atomic E-state index is 14.3. The molecule has 234 valence electrons. The van der Waals surface area contributed by atoms with E-state index in [0.29, 0.717) is 34.4 Å². The highest BCUT2D eigenvalue weighted by Gasteiger charge is 2.57. The molecule has 2 fully saturated rings. The van der Waals surface area contributed by atoms with E-state index < -0.39 is 41.3 Å². The van der Waals surface area contributed by atoms with E-state index in [4.69, 9.17) is 10.5 Å². The molecule has 1 aromatic heterocycles. The van der Waals surface area contributed by atoms with Gasteiger partial charge in [0, 0.05) is 23.7 Å². The SMILES string of the molecule is CCOC(=O)C1=NN(CC(=O)N[C@@H](Cc2cc(F)cc(F)c2)c2ncccc2-c2ccc(F)c(C(N)=O)c2)C2C3CCC(C3)C12. The van der Waals surface area contributed by atoms with Crippen molar-refractivity contribution in [2.24, 2.45) is 28.6 Å². The number of nitrogens with zero attached hydrogens (tertiary/aromatic N) is 3. The van der Waals surface area contributed by atoms with Gasteiger partial charge in [0.2, 0.25) is 5.91 Å². The molecule has 9 nitrogen and oxygen atoms in total. The maximum absolute atomic E-state index is 14.3. The van der Waals surface area contributed by atoms with E-state index in [-0.39, 0.29) is 42.7 Å². The molecule has 2 heterocycles. The minimum Gasteiger partial charge on any atom is -0.461 e. The topological polar surface area (TPSA) is 127 Å². The van der Waals surface area contributed by atoms with Crippen molar-refractivity contribution in [1.29, 1.82) is 0 Å². The van der Waals surface area contributed by atoms with E-state index in [1.807, 2.05) is 0 Å². The first-order chi connectivity index (χ1) is 21.6. The lowest BCUT2D eigenvalue weighted by Gasteiger charge is -2.31. The van der Waals surface area contributed by atoms with Crippen molar-refractivity contribution >= 4 is 23.5 Å². The summed E-state index contributed by atoms with van der Waals surface area (Å²) in [4.78, 5) is 42.9. The first-order valence-corrected chi connectivity index (χ1v) is 14.9. The number of amides is 2. The fourth-order valence-corrected chi connectivity index (χ4v) is 7.26. The van der Waals surface area contributed by atoms with Gasteiger partial charge in [-0.1, -0.05) is 12.1 Å². The van der Waals surface area contributed by atoms with Crippen LogP contribution in [0.4, 0.5) is 13.2 Å². The number of halogens is 3. The second-order valence-corrected chi connectivity index (χ2v) is 11.7. The molecule has 3 aromatic rings. The first-order valence-electron chi connectivity index (χ1n) is 14.9. The number of nitrogens with two attached hydrogens (primary N) is 1. The van der Waals surface area contributed by atoms with Gasteiger partial charge in [-0.2, -0.15) is 5.10 Å². The van der Waals surface area contributed by atoms with Gasteiger partial charge in [-0.3, -0.25) is 19.6 Å². The molecule has 2 bridgehead atoms. The number of hydrogen-bond donors (Lipinski definition) is 2. The van der Waals surface area contributed by atoms with Crippen molar-refractivity contribution in [3.63, 3.8) is 0 Å². The average molecular weight is 620 g/mol. The van der Waals surface area contributed by atoms with Crippen LogP contribution >= 0.6 is 0 Å². The van der Waals surface area contributed by atoms with E-state index in [1.54, 1.807) is 24.1 Å². The van der Waals surface area contributed by atoms with Crippen LogP contribution in [0, 0.1) is 35.2 Å². The maximum Gasteiger partial charge on any atom is 0.354 e. The third-order valence-corrected chi connectivity index (χ3v) is 8.97. The summed E-state index contributed by atoms with van der Waals surface area (Å²) in [7, 11) is 0. The number of benzene rings is 2. The lowest BCUT2D eigenvalue weighted by molar-refractivity contribution is -0.135. The van der Waals surface area contributed by atoms with Crippen molar-refractivity contribution in [3.05, 3.63) is 89.0 Å². The minimum absolute atomic E-state index is 0.0393. The number of primary amides is 1. The zero-order valence-corrected chi connectivity index (χ0v) is 24.5. The van der Waals surface area contributed by atoms with Crippen LogP contribution in [-0.4, -0.2) is 52.7 Å². The highest BCUT2D eigenvalue weighted by molar-refractivity contribution is 6.38. The van der Waals surface area contributed by atoms with Gasteiger partial charge >= 0.3 is 5.97 Å². The number of aromatic nitrogens is 1. The molecule has 4 unspecified atom stereocenters. The van der Waals surface area contributed by atoms with Gasteiger partial charge in [0.25, 0.3) is 5.91 Å². The number of pyridine rings is 1. The van der Waals surface area contributed by atoms with Gasteiger partial charge in [-0.05, 0) is 85.9 Å². The summed E-state index contributed by atoms with van der Waals surface area (Å²) in [6.45, 7) is 1.79. The highest BCUT2D eigenvalue weighted by Crippen LogP contribution is 2.53. The predicted octanol–water partition coefficient (Wildman–Crippen LogP) is 4.31. The van der Waals surface area contributed by atoms with Crippen LogP contribution in [0.15, 0.2) is 59.8 Å². The summed E-state index contributed by atoms with van der Waals surface area (Å²) in [6.07, 6.45) is 4.41. The van der Waals surface area contributed by atoms with Crippen LogP contribution in [0.25, 0.3) is 11.1 Å². The zero-order valence-electron chi connectivity index (χ0n) is 24.5. The van der Waals surface area contributed by atoms with Gasteiger partial charge in [-0.15, -0.1) is 0 Å². The molecule has 0 saturated heterocycles. The molecule has 5 atom stereocenters. The number of nitrogens with one attached hydrogen (secondary N) is 1.